The fraction of sp³-hybridized carbons (Fsp3) is 0.545. The molecule has 1 aromatic rings. The molecule has 1 aromatic carbocycles. The zero-order chi connectivity index (χ0) is 21.8. The summed E-state index contributed by atoms with van der Waals surface area (Å²) in [5.41, 5.74) is 1.59. The number of hydrogen-bond donors (Lipinski definition) is 2. The Morgan fingerprint density at radius 2 is 1.80 bits per heavy atom. The lowest BCUT2D eigenvalue weighted by atomic mass is 10.1. The molecular formula is C22H31N3O4S. The van der Waals surface area contributed by atoms with Crippen LogP contribution >= 0.6 is 11.8 Å². The third-order valence-corrected chi connectivity index (χ3v) is 5.79. The van der Waals surface area contributed by atoms with E-state index in [0.717, 1.165) is 36.1 Å². The third-order valence-electron chi connectivity index (χ3n) is 4.72. The van der Waals surface area contributed by atoms with E-state index >= 15 is 0 Å². The molecule has 1 unspecified atom stereocenters. The molecule has 0 aliphatic carbocycles. The first-order chi connectivity index (χ1) is 14.5. The highest BCUT2D eigenvalue weighted by Crippen LogP contribution is 2.22. The van der Waals surface area contributed by atoms with E-state index in [0.29, 0.717) is 10.9 Å². The van der Waals surface area contributed by atoms with Gasteiger partial charge in [0.1, 0.15) is 11.0 Å². The molecule has 164 valence electrons. The standard InChI is InChI=1S/C22H31N3O4S/c1-3-4-5-6-7-8-9-14-29-18-12-10-17(11-13-18)16(2)24-25-22-23-21(28)19(30-22)15-20(26)27/h10-13,19H,3-9,14-15H2,1-2H3,(H,26,27)(H,23,25,28)/b24-16+. The van der Waals surface area contributed by atoms with Crippen molar-refractivity contribution in [1.29, 1.82) is 0 Å². The van der Waals surface area contributed by atoms with E-state index in [1.54, 1.807) is 0 Å². The van der Waals surface area contributed by atoms with Crippen LogP contribution in [0.25, 0.3) is 0 Å². The monoisotopic (exact) mass is 433 g/mol. The first kappa shape index (κ1) is 23.9. The Morgan fingerprint density at radius 1 is 1.13 bits per heavy atom. The normalized spacial score (nSPS) is 17.9. The van der Waals surface area contributed by atoms with Gasteiger partial charge in [0.25, 0.3) is 0 Å². The van der Waals surface area contributed by atoms with Crippen LogP contribution in [0.5, 0.6) is 5.75 Å². The van der Waals surface area contributed by atoms with E-state index < -0.39 is 11.2 Å². The maximum absolute atomic E-state index is 11.7. The number of hydrogen-bond acceptors (Lipinski definition) is 6. The number of amides is 1. The van der Waals surface area contributed by atoms with Crippen LogP contribution in [-0.2, 0) is 9.59 Å². The molecule has 2 N–H and O–H groups in total. The Labute approximate surface area is 182 Å². The molecule has 1 amide bonds. The number of amidine groups is 1. The predicted molar refractivity (Wildman–Crippen MR) is 121 cm³/mol. The van der Waals surface area contributed by atoms with E-state index in [-0.39, 0.29) is 12.3 Å². The van der Waals surface area contributed by atoms with Crippen molar-refractivity contribution in [3.63, 3.8) is 0 Å². The highest BCUT2D eigenvalue weighted by molar-refractivity contribution is 8.15. The number of nitrogens with zero attached hydrogens (tertiary/aromatic N) is 2. The van der Waals surface area contributed by atoms with Gasteiger partial charge in [-0.15, -0.1) is 5.10 Å². The number of rotatable bonds is 13. The number of ether oxygens (including phenoxy) is 1. The molecular weight excluding hydrogens is 402 g/mol. The van der Waals surface area contributed by atoms with Gasteiger partial charge in [-0.25, -0.2) is 0 Å². The molecule has 1 aliphatic heterocycles. The molecule has 0 saturated carbocycles. The molecule has 1 atom stereocenters. The summed E-state index contributed by atoms with van der Waals surface area (Å²) in [6, 6.07) is 7.68. The SMILES string of the molecule is CCCCCCCCCOc1ccc(/C(C)=N/N=C2/NC(=O)C(CC(=O)O)S2)cc1. The van der Waals surface area contributed by atoms with Crippen LogP contribution in [0.3, 0.4) is 0 Å². The summed E-state index contributed by atoms with van der Waals surface area (Å²) in [5, 5.41) is 19.2. The van der Waals surface area contributed by atoms with Crippen LogP contribution in [0.15, 0.2) is 34.5 Å². The number of thioether (sulfide) groups is 1. The van der Waals surface area contributed by atoms with Crippen molar-refractivity contribution in [1.82, 2.24) is 5.32 Å². The highest BCUT2D eigenvalue weighted by Gasteiger charge is 2.32. The molecule has 0 spiro atoms. The van der Waals surface area contributed by atoms with Gasteiger partial charge in [0, 0.05) is 0 Å². The van der Waals surface area contributed by atoms with E-state index in [1.165, 1.54) is 38.5 Å². The molecule has 0 radical (unpaired) electrons. The number of unbranched alkanes of at least 4 members (excludes halogenated alkanes) is 6. The van der Waals surface area contributed by atoms with Crippen LogP contribution in [0, 0.1) is 0 Å². The highest BCUT2D eigenvalue weighted by atomic mass is 32.2. The second kappa shape index (κ2) is 13.1. The molecule has 0 bridgehead atoms. The van der Waals surface area contributed by atoms with Crippen molar-refractivity contribution < 1.29 is 19.4 Å². The second-order valence-corrected chi connectivity index (χ2v) is 8.47. The maximum Gasteiger partial charge on any atom is 0.305 e. The van der Waals surface area contributed by atoms with Gasteiger partial charge in [0.15, 0.2) is 5.17 Å². The van der Waals surface area contributed by atoms with E-state index in [4.69, 9.17) is 9.84 Å². The zero-order valence-electron chi connectivity index (χ0n) is 17.7. The van der Waals surface area contributed by atoms with Gasteiger partial charge >= 0.3 is 5.97 Å². The van der Waals surface area contributed by atoms with Crippen molar-refractivity contribution in [2.75, 3.05) is 6.61 Å². The number of carboxylic acid groups (broad SMARTS) is 1. The predicted octanol–water partition coefficient (Wildman–Crippen LogP) is 4.60. The van der Waals surface area contributed by atoms with Crippen molar-refractivity contribution >= 4 is 34.5 Å². The summed E-state index contributed by atoms with van der Waals surface area (Å²) < 4.78 is 5.80. The smallest absolute Gasteiger partial charge is 0.305 e. The molecule has 1 fully saturated rings. The van der Waals surface area contributed by atoms with Gasteiger partial charge in [0.2, 0.25) is 5.91 Å². The number of carbonyl (C=O) groups excluding carboxylic acids is 1. The minimum absolute atomic E-state index is 0.238. The average Bonchev–Trinajstić information content (AvgIpc) is 3.07. The first-order valence-electron chi connectivity index (χ1n) is 10.5. The molecule has 1 saturated heterocycles. The van der Waals surface area contributed by atoms with Crippen LogP contribution in [0.2, 0.25) is 0 Å². The number of carbonyl (C=O) groups is 2. The lowest BCUT2D eigenvalue weighted by Gasteiger charge is -2.07. The van der Waals surface area contributed by atoms with Crippen LogP contribution in [0.4, 0.5) is 0 Å². The van der Waals surface area contributed by atoms with Crippen molar-refractivity contribution in [2.24, 2.45) is 10.2 Å². The molecule has 1 heterocycles. The minimum atomic E-state index is -1.02. The Bertz CT molecular complexity index is 762. The molecule has 2 rings (SSSR count). The minimum Gasteiger partial charge on any atom is -0.494 e. The van der Waals surface area contributed by atoms with Gasteiger partial charge in [-0.1, -0.05) is 57.2 Å². The number of nitrogens with one attached hydrogen (secondary N) is 1. The zero-order valence-corrected chi connectivity index (χ0v) is 18.5. The lowest BCUT2D eigenvalue weighted by Crippen LogP contribution is -2.26. The fourth-order valence-electron chi connectivity index (χ4n) is 2.96. The number of benzene rings is 1. The van der Waals surface area contributed by atoms with Crippen LogP contribution in [-0.4, -0.2) is 39.7 Å². The lowest BCUT2D eigenvalue weighted by molar-refractivity contribution is -0.138. The largest absolute Gasteiger partial charge is 0.494 e. The van der Waals surface area contributed by atoms with Gasteiger partial charge in [-0.2, -0.15) is 5.10 Å². The van der Waals surface area contributed by atoms with Gasteiger partial charge in [-0.3, -0.25) is 9.59 Å². The van der Waals surface area contributed by atoms with Crippen LogP contribution in [0.1, 0.15) is 70.8 Å². The second-order valence-electron chi connectivity index (χ2n) is 7.28. The summed E-state index contributed by atoms with van der Waals surface area (Å²) in [6.45, 7) is 4.78. The summed E-state index contributed by atoms with van der Waals surface area (Å²) in [4.78, 5) is 22.5. The topological polar surface area (TPSA) is 100 Å². The molecule has 1 aliphatic rings. The van der Waals surface area contributed by atoms with Gasteiger partial charge in [-0.05, 0) is 43.2 Å². The molecule has 30 heavy (non-hydrogen) atoms. The van der Waals surface area contributed by atoms with Crippen molar-refractivity contribution in [3.8, 4) is 5.75 Å². The molecule has 8 heteroatoms. The van der Waals surface area contributed by atoms with Crippen LogP contribution < -0.4 is 10.1 Å². The molecule has 7 nitrogen and oxygen atoms in total. The van der Waals surface area contributed by atoms with E-state index in [1.807, 2.05) is 31.2 Å². The Kier molecular flexibility index (Phi) is 10.4. The van der Waals surface area contributed by atoms with E-state index in [2.05, 4.69) is 22.4 Å². The fourth-order valence-corrected chi connectivity index (χ4v) is 3.87. The first-order valence-corrected chi connectivity index (χ1v) is 11.4. The van der Waals surface area contributed by atoms with Crippen molar-refractivity contribution in [3.05, 3.63) is 29.8 Å². The summed E-state index contributed by atoms with van der Waals surface area (Å²) in [7, 11) is 0. The van der Waals surface area contributed by atoms with Gasteiger partial charge < -0.3 is 15.2 Å². The van der Waals surface area contributed by atoms with Crippen molar-refractivity contribution in [2.45, 2.75) is 70.5 Å². The Morgan fingerprint density at radius 3 is 2.47 bits per heavy atom. The third kappa shape index (κ3) is 8.57. The Hall–Kier alpha value is -2.35. The molecule has 0 aromatic heterocycles. The average molecular weight is 434 g/mol. The van der Waals surface area contributed by atoms with Gasteiger partial charge in [0.05, 0.1) is 18.7 Å². The number of carboxylic acids is 1. The quantitative estimate of drug-likeness (QED) is 0.269. The summed E-state index contributed by atoms with van der Waals surface area (Å²) in [6.07, 6.45) is 8.56. The summed E-state index contributed by atoms with van der Waals surface area (Å²) >= 11 is 1.09. The maximum atomic E-state index is 11.7. The van der Waals surface area contributed by atoms with E-state index in [9.17, 15) is 9.59 Å². The number of aliphatic carboxylic acids is 1. The summed E-state index contributed by atoms with van der Waals surface area (Å²) in [5.74, 6) is -0.534. The Balaban J connectivity index is 1.76.